The summed E-state index contributed by atoms with van der Waals surface area (Å²) in [5, 5.41) is 5.07. The fraction of sp³-hybridized carbons (Fsp3) is 0.240. The van der Waals surface area contributed by atoms with Crippen LogP contribution < -0.4 is 14.8 Å². The van der Waals surface area contributed by atoms with Crippen molar-refractivity contribution in [3.05, 3.63) is 64.8 Å². The number of fused-ring (bicyclic) bond motifs is 4. The van der Waals surface area contributed by atoms with Crippen LogP contribution in [0.25, 0.3) is 10.2 Å². The van der Waals surface area contributed by atoms with Crippen LogP contribution in [0.5, 0.6) is 11.5 Å². The Bertz CT molecular complexity index is 1370. The van der Waals surface area contributed by atoms with E-state index in [1.54, 1.807) is 17.7 Å². The van der Waals surface area contributed by atoms with Gasteiger partial charge in [-0.2, -0.15) is 0 Å². The van der Waals surface area contributed by atoms with E-state index in [2.05, 4.69) is 15.3 Å². The zero-order chi connectivity index (χ0) is 22.2. The SMILES string of the molecule is O=C(Nc1ccc2c(c1)OCCCO2)c1ccccc1Sc1ncnc2sc3c(c12)CCC3. The average Bonchev–Trinajstić information content (AvgIpc) is 3.33. The molecule has 0 fully saturated rings. The molecule has 1 aliphatic carbocycles. The second kappa shape index (κ2) is 8.68. The van der Waals surface area contributed by atoms with E-state index in [0.29, 0.717) is 36.0 Å². The average molecular weight is 476 g/mol. The van der Waals surface area contributed by atoms with Crippen molar-refractivity contribution in [2.45, 2.75) is 35.6 Å². The van der Waals surface area contributed by atoms with Gasteiger partial charge in [0.15, 0.2) is 11.5 Å². The van der Waals surface area contributed by atoms with Crippen LogP contribution in [0.1, 0.15) is 33.6 Å². The van der Waals surface area contributed by atoms with Crippen molar-refractivity contribution in [3.8, 4) is 11.5 Å². The zero-order valence-corrected chi connectivity index (χ0v) is 19.4. The van der Waals surface area contributed by atoms with Crippen molar-refractivity contribution in [2.75, 3.05) is 18.5 Å². The summed E-state index contributed by atoms with van der Waals surface area (Å²) in [4.78, 5) is 25.6. The first kappa shape index (κ1) is 20.5. The fourth-order valence-electron chi connectivity index (χ4n) is 4.26. The number of amides is 1. The van der Waals surface area contributed by atoms with Crippen LogP contribution in [0.4, 0.5) is 5.69 Å². The summed E-state index contributed by atoms with van der Waals surface area (Å²) < 4.78 is 11.4. The molecule has 2 aromatic heterocycles. The lowest BCUT2D eigenvalue weighted by Crippen LogP contribution is -2.13. The maximum absolute atomic E-state index is 13.2. The summed E-state index contributed by atoms with van der Waals surface area (Å²) in [5.74, 6) is 1.19. The van der Waals surface area contributed by atoms with Crippen molar-refractivity contribution in [1.82, 2.24) is 9.97 Å². The summed E-state index contributed by atoms with van der Waals surface area (Å²) in [6, 6.07) is 13.1. The normalized spacial score (nSPS) is 14.7. The smallest absolute Gasteiger partial charge is 0.256 e. The Morgan fingerprint density at radius 1 is 1.00 bits per heavy atom. The molecule has 2 aliphatic rings. The van der Waals surface area contributed by atoms with E-state index in [1.807, 2.05) is 42.5 Å². The first-order chi connectivity index (χ1) is 16.3. The van der Waals surface area contributed by atoms with Crippen LogP contribution in [0.3, 0.4) is 0 Å². The van der Waals surface area contributed by atoms with Gasteiger partial charge in [0.2, 0.25) is 0 Å². The van der Waals surface area contributed by atoms with Gasteiger partial charge in [0, 0.05) is 33.3 Å². The van der Waals surface area contributed by atoms with Crippen molar-refractivity contribution in [3.63, 3.8) is 0 Å². The molecule has 33 heavy (non-hydrogen) atoms. The highest BCUT2D eigenvalue weighted by Crippen LogP contribution is 2.42. The Hall–Kier alpha value is -3.10. The quantitative estimate of drug-likeness (QED) is 0.379. The lowest BCUT2D eigenvalue weighted by molar-refractivity contribution is 0.102. The number of rotatable bonds is 4. The van der Waals surface area contributed by atoms with E-state index >= 15 is 0 Å². The van der Waals surface area contributed by atoms with Crippen LogP contribution in [0, 0.1) is 0 Å². The van der Waals surface area contributed by atoms with Crippen LogP contribution in [0.15, 0.2) is 58.7 Å². The third-order valence-corrected chi connectivity index (χ3v) is 8.09. The second-order valence-corrected chi connectivity index (χ2v) is 10.1. The van der Waals surface area contributed by atoms with Gasteiger partial charge in [0.05, 0.1) is 18.8 Å². The molecule has 1 amide bonds. The predicted octanol–water partition coefficient (Wildman–Crippen LogP) is 5.74. The molecule has 0 unspecified atom stereocenters. The molecular weight excluding hydrogens is 454 g/mol. The molecular formula is C25H21N3O3S2. The molecule has 6 nitrogen and oxygen atoms in total. The van der Waals surface area contributed by atoms with Gasteiger partial charge in [-0.1, -0.05) is 23.9 Å². The molecule has 166 valence electrons. The standard InChI is InChI=1S/C25H21N3O3S2/c29-23(28-15-9-10-18-19(13-15)31-12-4-11-30-18)17-5-1-2-7-21(17)33-25-22-16-6-3-8-20(16)32-24(22)26-14-27-25/h1-2,5,7,9-10,13-14H,3-4,6,8,11-12H2,(H,28,29). The molecule has 8 heteroatoms. The fourth-order valence-corrected chi connectivity index (χ4v) is 6.60. The van der Waals surface area contributed by atoms with Gasteiger partial charge in [-0.3, -0.25) is 4.79 Å². The predicted molar refractivity (Wildman–Crippen MR) is 130 cm³/mol. The van der Waals surface area contributed by atoms with Crippen molar-refractivity contribution >= 4 is 44.9 Å². The number of thiophene rings is 1. The number of benzene rings is 2. The summed E-state index contributed by atoms with van der Waals surface area (Å²) >= 11 is 3.30. The van der Waals surface area contributed by atoms with Crippen LogP contribution in [0.2, 0.25) is 0 Å². The number of aryl methyl sites for hydroxylation is 2. The summed E-state index contributed by atoms with van der Waals surface area (Å²) in [6.45, 7) is 1.23. The zero-order valence-electron chi connectivity index (χ0n) is 17.8. The second-order valence-electron chi connectivity index (χ2n) is 7.98. The number of hydrogen-bond donors (Lipinski definition) is 1. The van der Waals surface area contributed by atoms with E-state index < -0.39 is 0 Å². The molecule has 0 spiro atoms. The van der Waals surface area contributed by atoms with Crippen LogP contribution in [-0.4, -0.2) is 29.1 Å². The topological polar surface area (TPSA) is 73.3 Å². The lowest BCUT2D eigenvalue weighted by atomic mass is 10.2. The Balaban J connectivity index is 1.29. The Labute approximate surface area is 199 Å². The molecule has 3 heterocycles. The van der Waals surface area contributed by atoms with E-state index in [-0.39, 0.29) is 5.91 Å². The van der Waals surface area contributed by atoms with Crippen molar-refractivity contribution in [1.29, 1.82) is 0 Å². The number of ether oxygens (including phenoxy) is 2. The summed E-state index contributed by atoms with van der Waals surface area (Å²) in [6.07, 6.45) is 5.84. The number of carbonyl (C=O) groups is 1. The highest BCUT2D eigenvalue weighted by molar-refractivity contribution is 7.99. The molecule has 0 radical (unpaired) electrons. The minimum Gasteiger partial charge on any atom is -0.490 e. The molecule has 0 atom stereocenters. The number of aromatic nitrogens is 2. The molecule has 0 bridgehead atoms. The lowest BCUT2D eigenvalue weighted by Gasteiger charge is -2.12. The van der Waals surface area contributed by atoms with Crippen LogP contribution >= 0.6 is 23.1 Å². The minimum absolute atomic E-state index is 0.173. The summed E-state index contributed by atoms with van der Waals surface area (Å²) in [7, 11) is 0. The first-order valence-electron chi connectivity index (χ1n) is 11.0. The van der Waals surface area contributed by atoms with Crippen LogP contribution in [-0.2, 0) is 12.8 Å². The van der Waals surface area contributed by atoms with Gasteiger partial charge in [0.1, 0.15) is 16.2 Å². The van der Waals surface area contributed by atoms with Gasteiger partial charge >= 0.3 is 0 Å². The van der Waals surface area contributed by atoms with E-state index in [1.165, 1.54) is 28.6 Å². The van der Waals surface area contributed by atoms with Gasteiger partial charge < -0.3 is 14.8 Å². The summed E-state index contributed by atoms with van der Waals surface area (Å²) in [5.41, 5.74) is 2.66. The van der Waals surface area contributed by atoms with Gasteiger partial charge in [-0.15, -0.1) is 11.3 Å². The number of nitrogens with zero attached hydrogens (tertiary/aromatic N) is 2. The monoisotopic (exact) mass is 475 g/mol. The van der Waals surface area contributed by atoms with Gasteiger partial charge in [0.25, 0.3) is 5.91 Å². The maximum atomic E-state index is 13.2. The molecule has 4 aromatic rings. The van der Waals surface area contributed by atoms with Crippen molar-refractivity contribution < 1.29 is 14.3 Å². The maximum Gasteiger partial charge on any atom is 0.256 e. The Morgan fingerprint density at radius 2 is 1.88 bits per heavy atom. The Morgan fingerprint density at radius 3 is 2.82 bits per heavy atom. The number of carbonyl (C=O) groups excluding carboxylic acids is 1. The van der Waals surface area contributed by atoms with E-state index in [4.69, 9.17) is 9.47 Å². The molecule has 6 rings (SSSR count). The number of anilines is 1. The highest BCUT2D eigenvalue weighted by Gasteiger charge is 2.23. The molecule has 0 saturated carbocycles. The van der Waals surface area contributed by atoms with Gasteiger partial charge in [-0.25, -0.2) is 9.97 Å². The number of nitrogens with one attached hydrogen (secondary N) is 1. The third kappa shape index (κ3) is 3.94. The number of hydrogen-bond acceptors (Lipinski definition) is 7. The Kier molecular flexibility index (Phi) is 5.39. The van der Waals surface area contributed by atoms with Crippen molar-refractivity contribution in [2.24, 2.45) is 0 Å². The highest BCUT2D eigenvalue weighted by atomic mass is 32.2. The molecule has 1 aliphatic heterocycles. The third-order valence-electron chi connectivity index (χ3n) is 5.81. The molecule has 2 aromatic carbocycles. The van der Waals surface area contributed by atoms with Gasteiger partial charge in [-0.05, 0) is 49.1 Å². The first-order valence-corrected chi connectivity index (χ1v) is 12.6. The molecule has 0 saturated heterocycles. The molecule has 1 N–H and O–H groups in total. The largest absolute Gasteiger partial charge is 0.490 e. The minimum atomic E-state index is -0.173. The van der Waals surface area contributed by atoms with E-state index in [0.717, 1.165) is 39.4 Å². The van der Waals surface area contributed by atoms with E-state index in [9.17, 15) is 4.79 Å².